The van der Waals surface area contributed by atoms with Gasteiger partial charge in [-0.1, -0.05) is 29.3 Å². The van der Waals surface area contributed by atoms with Crippen LogP contribution >= 0.6 is 23.2 Å². The topological polar surface area (TPSA) is 50.1 Å². The van der Waals surface area contributed by atoms with Gasteiger partial charge in [0.15, 0.2) is 0 Å². The monoisotopic (exact) mass is 483 g/mol. The number of fused-ring (bicyclic) bond motifs is 1. The normalized spacial score (nSPS) is 13.8. The number of hydrogen-bond donors (Lipinski definition) is 2. The molecule has 3 aromatic carbocycles. The molecule has 1 heterocycles. The highest BCUT2D eigenvalue weighted by atomic mass is 35.5. The van der Waals surface area contributed by atoms with Gasteiger partial charge in [0.2, 0.25) is 5.60 Å². The summed E-state index contributed by atoms with van der Waals surface area (Å²) in [5, 5.41) is 18.3. The zero-order valence-corrected chi connectivity index (χ0v) is 17.7. The maximum atomic E-state index is 14.0. The third-order valence-electron chi connectivity index (χ3n) is 5.05. The van der Waals surface area contributed by atoms with Crippen LogP contribution in [0.15, 0.2) is 66.9 Å². The van der Waals surface area contributed by atoms with Crippen LogP contribution in [0, 0.1) is 5.82 Å². The van der Waals surface area contributed by atoms with Crippen LogP contribution < -0.4 is 5.32 Å². The van der Waals surface area contributed by atoms with Crippen LogP contribution in [0.3, 0.4) is 0 Å². The lowest BCUT2D eigenvalue weighted by Gasteiger charge is -2.31. The van der Waals surface area contributed by atoms with Crippen molar-refractivity contribution in [3.63, 3.8) is 0 Å². The van der Waals surface area contributed by atoms with Crippen molar-refractivity contribution in [3.8, 4) is 5.69 Å². The predicted octanol–water partition coefficient (Wildman–Crippen LogP) is 6.33. The number of alkyl halides is 3. The zero-order valence-electron chi connectivity index (χ0n) is 16.2. The molecule has 0 spiro atoms. The number of aromatic nitrogens is 2. The van der Waals surface area contributed by atoms with Crippen molar-refractivity contribution in [1.82, 2.24) is 9.78 Å². The first-order valence-corrected chi connectivity index (χ1v) is 10.1. The van der Waals surface area contributed by atoms with Crippen LogP contribution in [0.1, 0.15) is 5.56 Å². The Hall–Kier alpha value is -2.81. The van der Waals surface area contributed by atoms with Gasteiger partial charge in [0.25, 0.3) is 0 Å². The zero-order chi connectivity index (χ0) is 23.1. The van der Waals surface area contributed by atoms with E-state index in [1.54, 1.807) is 0 Å². The standard InChI is InChI=1S/C22H15Cl2F4N3O/c23-15-2-7-18(24)19(10-15)29-12-21(32,22(26,27)28)14-1-8-20-13(9-14)11-30-31(20)17-5-3-16(25)4-6-17/h1-11,29,32H,12H2. The lowest BCUT2D eigenvalue weighted by atomic mass is 9.92. The Morgan fingerprint density at radius 2 is 1.69 bits per heavy atom. The summed E-state index contributed by atoms with van der Waals surface area (Å²) in [6.07, 6.45) is -3.62. The summed E-state index contributed by atoms with van der Waals surface area (Å²) in [6.45, 7) is -0.895. The minimum absolute atomic E-state index is 0.159. The van der Waals surface area contributed by atoms with Gasteiger partial charge in [-0.15, -0.1) is 0 Å². The van der Waals surface area contributed by atoms with Gasteiger partial charge in [-0.25, -0.2) is 9.07 Å². The molecule has 1 unspecified atom stereocenters. The van der Waals surface area contributed by atoms with E-state index < -0.39 is 24.1 Å². The highest BCUT2D eigenvalue weighted by Crippen LogP contribution is 2.41. The second-order valence-corrected chi connectivity index (χ2v) is 7.99. The summed E-state index contributed by atoms with van der Waals surface area (Å²) in [5.74, 6) is -0.421. The Kier molecular flexibility index (Phi) is 5.79. The number of anilines is 1. The van der Waals surface area contributed by atoms with Crippen molar-refractivity contribution in [2.75, 3.05) is 11.9 Å². The maximum absolute atomic E-state index is 14.0. The molecule has 0 saturated heterocycles. The molecule has 10 heteroatoms. The molecule has 0 saturated carbocycles. The number of rotatable bonds is 5. The molecule has 1 aromatic heterocycles. The molecule has 0 aliphatic heterocycles. The first-order chi connectivity index (χ1) is 15.1. The van der Waals surface area contributed by atoms with Gasteiger partial charge in [0.05, 0.1) is 34.7 Å². The average molecular weight is 484 g/mol. The first kappa shape index (κ1) is 22.4. The fraction of sp³-hybridized carbons (Fsp3) is 0.136. The molecule has 0 radical (unpaired) electrons. The number of nitrogens with zero attached hydrogens (tertiary/aromatic N) is 2. The third kappa shape index (κ3) is 4.13. The minimum atomic E-state index is -4.99. The number of nitrogens with one attached hydrogen (secondary N) is 1. The Balaban J connectivity index is 1.71. The van der Waals surface area contributed by atoms with Crippen LogP contribution in [0.25, 0.3) is 16.6 Å². The molecule has 2 N–H and O–H groups in total. The SMILES string of the molecule is OC(CNc1cc(Cl)ccc1Cl)(c1ccc2c(cnn2-c2ccc(F)cc2)c1)C(F)(F)F. The van der Waals surface area contributed by atoms with Gasteiger partial charge in [0.1, 0.15) is 5.82 Å². The molecular weight excluding hydrogens is 469 g/mol. The fourth-order valence-corrected chi connectivity index (χ4v) is 3.66. The second kappa shape index (κ2) is 8.27. The van der Waals surface area contributed by atoms with E-state index in [1.165, 1.54) is 71.5 Å². The Morgan fingerprint density at radius 1 is 0.969 bits per heavy atom. The lowest BCUT2D eigenvalue weighted by molar-refractivity contribution is -0.260. The van der Waals surface area contributed by atoms with Crippen molar-refractivity contribution in [3.05, 3.63) is 88.3 Å². The van der Waals surface area contributed by atoms with E-state index in [0.29, 0.717) is 16.6 Å². The van der Waals surface area contributed by atoms with E-state index in [-0.39, 0.29) is 21.3 Å². The summed E-state index contributed by atoms with van der Waals surface area (Å²) in [4.78, 5) is 0. The summed E-state index contributed by atoms with van der Waals surface area (Å²) in [7, 11) is 0. The molecule has 4 nitrogen and oxygen atoms in total. The smallest absolute Gasteiger partial charge is 0.380 e. The summed E-state index contributed by atoms with van der Waals surface area (Å²) >= 11 is 11.9. The summed E-state index contributed by atoms with van der Waals surface area (Å²) < 4.78 is 56.6. The van der Waals surface area contributed by atoms with E-state index in [4.69, 9.17) is 23.2 Å². The first-order valence-electron chi connectivity index (χ1n) is 9.31. The molecule has 0 bridgehead atoms. The van der Waals surface area contributed by atoms with Crippen molar-refractivity contribution in [1.29, 1.82) is 0 Å². The largest absolute Gasteiger partial charge is 0.423 e. The van der Waals surface area contributed by atoms with Gasteiger partial charge in [0, 0.05) is 10.4 Å². The molecule has 4 rings (SSSR count). The van der Waals surface area contributed by atoms with Gasteiger partial charge < -0.3 is 10.4 Å². The molecule has 32 heavy (non-hydrogen) atoms. The van der Waals surface area contributed by atoms with E-state index in [1.807, 2.05) is 0 Å². The number of benzene rings is 3. The van der Waals surface area contributed by atoms with Crippen molar-refractivity contribution in [2.45, 2.75) is 11.8 Å². The van der Waals surface area contributed by atoms with Crippen LogP contribution in [-0.2, 0) is 5.60 Å². The van der Waals surface area contributed by atoms with E-state index in [2.05, 4.69) is 10.4 Å². The predicted molar refractivity (Wildman–Crippen MR) is 116 cm³/mol. The summed E-state index contributed by atoms with van der Waals surface area (Å²) in [6, 6.07) is 13.6. The van der Waals surface area contributed by atoms with Crippen molar-refractivity contribution < 1.29 is 22.7 Å². The molecule has 166 valence electrons. The Morgan fingerprint density at radius 3 is 2.38 bits per heavy atom. The highest BCUT2D eigenvalue weighted by molar-refractivity contribution is 6.35. The van der Waals surface area contributed by atoms with Crippen LogP contribution in [-0.4, -0.2) is 27.6 Å². The Bertz CT molecular complexity index is 1270. The van der Waals surface area contributed by atoms with Crippen LogP contribution in [0.4, 0.5) is 23.2 Å². The average Bonchev–Trinajstić information content (AvgIpc) is 3.17. The van der Waals surface area contributed by atoms with Crippen LogP contribution in [0.2, 0.25) is 10.0 Å². The minimum Gasteiger partial charge on any atom is -0.380 e. The molecule has 0 aliphatic carbocycles. The molecule has 0 amide bonds. The summed E-state index contributed by atoms with van der Waals surface area (Å²) in [5.41, 5.74) is -2.40. The number of halogens is 6. The highest BCUT2D eigenvalue weighted by Gasteiger charge is 2.55. The lowest BCUT2D eigenvalue weighted by Crippen LogP contribution is -2.47. The molecule has 4 aromatic rings. The van der Waals surface area contributed by atoms with Gasteiger partial charge in [-0.3, -0.25) is 0 Å². The second-order valence-electron chi connectivity index (χ2n) is 7.14. The fourth-order valence-electron chi connectivity index (χ4n) is 3.30. The quantitative estimate of drug-likeness (QED) is 0.326. The van der Waals surface area contributed by atoms with Crippen molar-refractivity contribution in [2.24, 2.45) is 0 Å². The van der Waals surface area contributed by atoms with E-state index in [9.17, 15) is 22.7 Å². The third-order valence-corrected chi connectivity index (χ3v) is 5.61. The number of aliphatic hydroxyl groups is 1. The van der Waals surface area contributed by atoms with E-state index >= 15 is 0 Å². The maximum Gasteiger partial charge on any atom is 0.423 e. The van der Waals surface area contributed by atoms with Gasteiger partial charge in [-0.05, 0) is 60.2 Å². The molecule has 0 fully saturated rings. The molecule has 1 atom stereocenters. The Labute approximate surface area is 190 Å². The van der Waals surface area contributed by atoms with Crippen LogP contribution in [0.5, 0.6) is 0 Å². The number of hydrogen-bond acceptors (Lipinski definition) is 3. The van der Waals surface area contributed by atoms with E-state index in [0.717, 1.165) is 0 Å². The van der Waals surface area contributed by atoms with Gasteiger partial charge >= 0.3 is 6.18 Å². The molecule has 0 aliphatic rings. The van der Waals surface area contributed by atoms with Gasteiger partial charge in [-0.2, -0.15) is 18.3 Å². The molecular formula is C22H15Cl2F4N3O. The van der Waals surface area contributed by atoms with Crippen molar-refractivity contribution >= 4 is 39.8 Å².